The van der Waals surface area contributed by atoms with Crippen LogP contribution in [0.4, 0.5) is 0 Å². The van der Waals surface area contributed by atoms with Crippen molar-refractivity contribution in [1.29, 1.82) is 0 Å². The third kappa shape index (κ3) is 2.16. The first-order valence-corrected chi connectivity index (χ1v) is 6.58. The normalized spacial score (nSPS) is 12.7. The fraction of sp³-hybridized carbons (Fsp3) is 0.154. The quantitative estimate of drug-likeness (QED) is 0.684. The number of fused-ring (bicyclic) bond motifs is 1. The van der Waals surface area contributed by atoms with Crippen LogP contribution in [0, 0.1) is 0 Å². The third-order valence-electron chi connectivity index (χ3n) is 2.96. The first-order chi connectivity index (χ1) is 9.17. The summed E-state index contributed by atoms with van der Waals surface area (Å²) in [6.45, 7) is 0. The number of thiophene rings is 1. The Morgan fingerprint density at radius 1 is 1.26 bits per heavy atom. The van der Waals surface area contributed by atoms with E-state index in [2.05, 4.69) is 9.97 Å². The van der Waals surface area contributed by atoms with Crippen molar-refractivity contribution in [2.45, 2.75) is 6.10 Å². The standard InChI is InChI=1S/C13H12N2O3S/c1-18-8-5-11(19-6-8)12(16)7-2-3-9-10(4-7)15-13(17)14-9/h2-6,12,16H,1H3,(H2,14,15,17). The number of ether oxygens (including phenoxy) is 1. The van der Waals surface area contributed by atoms with Gasteiger partial charge < -0.3 is 19.8 Å². The molecule has 1 atom stereocenters. The van der Waals surface area contributed by atoms with Gasteiger partial charge in [0.05, 0.1) is 18.1 Å². The molecule has 3 rings (SSSR count). The molecular weight excluding hydrogens is 264 g/mol. The Kier molecular flexibility index (Phi) is 2.88. The molecule has 0 saturated carbocycles. The van der Waals surface area contributed by atoms with Crippen LogP contribution in [0.5, 0.6) is 5.75 Å². The molecule has 3 aromatic rings. The average Bonchev–Trinajstić information content (AvgIpc) is 3.01. The van der Waals surface area contributed by atoms with Gasteiger partial charge >= 0.3 is 5.69 Å². The topological polar surface area (TPSA) is 78.1 Å². The Labute approximate surface area is 112 Å². The molecule has 0 radical (unpaired) electrons. The number of aromatic nitrogens is 2. The Hall–Kier alpha value is -2.05. The first-order valence-electron chi connectivity index (χ1n) is 5.70. The van der Waals surface area contributed by atoms with E-state index >= 15 is 0 Å². The minimum Gasteiger partial charge on any atom is -0.496 e. The van der Waals surface area contributed by atoms with E-state index in [1.807, 2.05) is 5.38 Å². The van der Waals surface area contributed by atoms with Gasteiger partial charge in [-0.25, -0.2) is 4.79 Å². The Morgan fingerprint density at radius 2 is 2.05 bits per heavy atom. The van der Waals surface area contributed by atoms with Crippen LogP contribution in [0.2, 0.25) is 0 Å². The van der Waals surface area contributed by atoms with Gasteiger partial charge in [0.15, 0.2) is 0 Å². The Bertz CT molecular complexity index is 771. The van der Waals surface area contributed by atoms with Crippen LogP contribution in [0.25, 0.3) is 11.0 Å². The molecule has 3 N–H and O–H groups in total. The summed E-state index contributed by atoms with van der Waals surface area (Å²) in [5.41, 5.74) is 1.89. The van der Waals surface area contributed by atoms with Crippen LogP contribution < -0.4 is 10.4 Å². The number of H-pyrrole nitrogens is 2. The number of rotatable bonds is 3. The van der Waals surface area contributed by atoms with Crippen LogP contribution in [-0.2, 0) is 0 Å². The molecule has 0 aliphatic heterocycles. The number of aliphatic hydroxyl groups excluding tert-OH is 1. The number of imidazole rings is 1. The van der Waals surface area contributed by atoms with E-state index in [1.165, 1.54) is 11.3 Å². The maximum atomic E-state index is 11.2. The fourth-order valence-electron chi connectivity index (χ4n) is 1.97. The van der Waals surface area contributed by atoms with Crippen LogP contribution in [0.15, 0.2) is 34.4 Å². The van der Waals surface area contributed by atoms with Crippen molar-refractivity contribution in [2.24, 2.45) is 0 Å². The van der Waals surface area contributed by atoms with Crippen molar-refractivity contribution in [3.05, 3.63) is 50.6 Å². The van der Waals surface area contributed by atoms with Crippen molar-refractivity contribution in [2.75, 3.05) is 7.11 Å². The Balaban J connectivity index is 2.00. The first kappa shape index (κ1) is 12.0. The second-order valence-electron chi connectivity index (χ2n) is 4.18. The van der Waals surface area contributed by atoms with Gasteiger partial charge in [-0.05, 0) is 23.8 Å². The number of methoxy groups -OCH3 is 1. The zero-order valence-corrected chi connectivity index (χ0v) is 11.0. The van der Waals surface area contributed by atoms with E-state index in [9.17, 15) is 9.90 Å². The van der Waals surface area contributed by atoms with Gasteiger partial charge in [0.1, 0.15) is 11.9 Å². The predicted octanol–water partition coefficient (Wildman–Crippen LogP) is 2.01. The van der Waals surface area contributed by atoms with Gasteiger partial charge in [0, 0.05) is 10.3 Å². The molecule has 0 bridgehead atoms. The molecule has 0 fully saturated rings. The van der Waals surface area contributed by atoms with Gasteiger partial charge in [-0.1, -0.05) is 6.07 Å². The van der Waals surface area contributed by atoms with Crippen LogP contribution >= 0.6 is 11.3 Å². The summed E-state index contributed by atoms with van der Waals surface area (Å²) in [4.78, 5) is 17.3. The molecule has 1 unspecified atom stereocenters. The third-order valence-corrected chi connectivity index (χ3v) is 3.92. The molecule has 0 aliphatic carbocycles. The second kappa shape index (κ2) is 4.56. The van der Waals surface area contributed by atoms with Gasteiger partial charge in [-0.15, -0.1) is 11.3 Å². The molecule has 2 aromatic heterocycles. The molecule has 19 heavy (non-hydrogen) atoms. The predicted molar refractivity (Wildman–Crippen MR) is 73.9 cm³/mol. The molecule has 98 valence electrons. The molecule has 1 aromatic carbocycles. The van der Waals surface area contributed by atoms with Crippen LogP contribution in [0.1, 0.15) is 16.5 Å². The highest BCUT2D eigenvalue weighted by Gasteiger charge is 2.14. The summed E-state index contributed by atoms with van der Waals surface area (Å²) in [5.74, 6) is 0.732. The zero-order valence-electron chi connectivity index (χ0n) is 10.1. The summed E-state index contributed by atoms with van der Waals surface area (Å²) in [7, 11) is 1.59. The fourth-order valence-corrected chi connectivity index (χ4v) is 2.83. The van der Waals surface area contributed by atoms with Crippen LogP contribution in [0.3, 0.4) is 0 Å². The van der Waals surface area contributed by atoms with E-state index in [4.69, 9.17) is 4.74 Å². The van der Waals surface area contributed by atoms with Gasteiger partial charge in [0.2, 0.25) is 0 Å². The summed E-state index contributed by atoms with van der Waals surface area (Å²) in [5, 5.41) is 12.2. The SMILES string of the molecule is COc1csc(C(O)c2ccc3[nH]c(=O)[nH]c3c2)c1. The number of aromatic amines is 2. The lowest BCUT2D eigenvalue weighted by Crippen LogP contribution is -1.99. The molecule has 0 saturated heterocycles. The highest BCUT2D eigenvalue weighted by atomic mass is 32.1. The zero-order chi connectivity index (χ0) is 13.4. The monoisotopic (exact) mass is 276 g/mol. The minimum atomic E-state index is -0.725. The second-order valence-corrected chi connectivity index (χ2v) is 5.12. The number of nitrogens with one attached hydrogen (secondary N) is 2. The molecule has 6 heteroatoms. The van der Waals surface area contributed by atoms with Crippen molar-refractivity contribution in [1.82, 2.24) is 9.97 Å². The highest BCUT2D eigenvalue weighted by Crippen LogP contribution is 2.31. The summed E-state index contributed by atoms with van der Waals surface area (Å²) in [6.07, 6.45) is -0.725. The van der Waals surface area contributed by atoms with Crippen molar-refractivity contribution >= 4 is 22.4 Å². The number of benzene rings is 1. The van der Waals surface area contributed by atoms with Crippen molar-refractivity contribution in [3.8, 4) is 5.75 Å². The smallest absolute Gasteiger partial charge is 0.323 e. The van der Waals surface area contributed by atoms with Crippen molar-refractivity contribution in [3.63, 3.8) is 0 Å². The van der Waals surface area contributed by atoms with E-state index in [-0.39, 0.29) is 5.69 Å². The molecule has 0 spiro atoms. The number of hydrogen-bond donors (Lipinski definition) is 3. The van der Waals surface area contributed by atoms with Gasteiger partial charge in [0.25, 0.3) is 0 Å². The van der Waals surface area contributed by atoms with E-state index in [0.29, 0.717) is 5.52 Å². The van der Waals surface area contributed by atoms with Gasteiger partial charge in [-0.2, -0.15) is 0 Å². The lowest BCUT2D eigenvalue weighted by molar-refractivity contribution is 0.224. The number of hydrogen-bond acceptors (Lipinski definition) is 4. The largest absolute Gasteiger partial charge is 0.496 e. The van der Waals surface area contributed by atoms with Crippen molar-refractivity contribution < 1.29 is 9.84 Å². The Morgan fingerprint density at radius 3 is 2.79 bits per heavy atom. The highest BCUT2D eigenvalue weighted by molar-refractivity contribution is 7.10. The lowest BCUT2D eigenvalue weighted by atomic mass is 10.1. The van der Waals surface area contributed by atoms with Gasteiger partial charge in [-0.3, -0.25) is 0 Å². The van der Waals surface area contributed by atoms with Crippen LogP contribution in [-0.4, -0.2) is 22.2 Å². The summed E-state index contributed by atoms with van der Waals surface area (Å²) in [6, 6.07) is 7.14. The molecular formula is C13H12N2O3S. The van der Waals surface area contributed by atoms with E-state index in [1.54, 1.807) is 31.4 Å². The average molecular weight is 276 g/mol. The summed E-state index contributed by atoms with van der Waals surface area (Å²) >= 11 is 1.43. The summed E-state index contributed by atoms with van der Waals surface area (Å²) < 4.78 is 5.10. The maximum absolute atomic E-state index is 11.2. The van der Waals surface area contributed by atoms with E-state index in [0.717, 1.165) is 21.7 Å². The number of aliphatic hydroxyl groups is 1. The maximum Gasteiger partial charge on any atom is 0.323 e. The van der Waals surface area contributed by atoms with E-state index < -0.39 is 6.10 Å². The minimum absolute atomic E-state index is 0.251. The molecule has 0 aliphatic rings. The molecule has 5 nitrogen and oxygen atoms in total. The lowest BCUT2D eigenvalue weighted by Gasteiger charge is -2.08. The molecule has 0 amide bonds. The molecule has 2 heterocycles.